The molecule has 3 heteroatoms. The molecule has 0 saturated heterocycles. The Kier molecular flexibility index (Phi) is 8.67. The highest BCUT2D eigenvalue weighted by Crippen LogP contribution is 2.41. The van der Waals surface area contributed by atoms with E-state index in [0.29, 0.717) is 0 Å². The lowest BCUT2D eigenvalue weighted by Gasteiger charge is -2.12. The van der Waals surface area contributed by atoms with Gasteiger partial charge in [0.15, 0.2) is 0 Å². The highest BCUT2D eigenvalue weighted by Gasteiger charge is 2.20. The zero-order chi connectivity index (χ0) is 42.8. The van der Waals surface area contributed by atoms with Crippen LogP contribution in [0.2, 0.25) is 0 Å². The third-order valence-electron chi connectivity index (χ3n) is 13.5. The highest BCUT2D eigenvalue weighted by molar-refractivity contribution is 6.14. The number of rotatable bonds is 8. The molecule has 65 heavy (non-hydrogen) atoms. The Labute approximate surface area is 377 Å². The van der Waals surface area contributed by atoms with Gasteiger partial charge < -0.3 is 13.7 Å². The minimum absolute atomic E-state index is 0.874. The van der Waals surface area contributed by atoms with Crippen molar-refractivity contribution in [2.24, 2.45) is 0 Å². The lowest BCUT2D eigenvalue weighted by Crippen LogP contribution is -1.97. The molecule has 0 aliphatic heterocycles. The first kappa shape index (κ1) is 37.2. The highest BCUT2D eigenvalue weighted by atomic mass is 15.0. The van der Waals surface area contributed by atoms with E-state index in [1.807, 2.05) is 0 Å². The molecule has 0 saturated carbocycles. The van der Waals surface area contributed by atoms with Crippen LogP contribution in [0.25, 0.3) is 93.6 Å². The summed E-state index contributed by atoms with van der Waals surface area (Å²) in [6.45, 7) is 0. The van der Waals surface area contributed by atoms with Crippen LogP contribution < -0.4 is 0 Å². The van der Waals surface area contributed by atoms with Gasteiger partial charge in [-0.05, 0) is 131 Å². The maximum atomic E-state index is 2.48. The van der Waals surface area contributed by atoms with Crippen molar-refractivity contribution in [1.29, 1.82) is 0 Å². The topological polar surface area (TPSA) is 14.8 Å². The van der Waals surface area contributed by atoms with Gasteiger partial charge in [-0.3, -0.25) is 0 Å². The van der Waals surface area contributed by atoms with Gasteiger partial charge in [-0.25, -0.2) is 0 Å². The zero-order valence-electron chi connectivity index (χ0n) is 35.8. The Morgan fingerprint density at radius 3 is 1.06 bits per heavy atom. The van der Waals surface area contributed by atoms with Crippen molar-refractivity contribution >= 4 is 65.4 Å². The van der Waals surface area contributed by atoms with E-state index < -0.39 is 0 Å². The molecule has 3 heterocycles. The van der Waals surface area contributed by atoms with Gasteiger partial charge in [0.1, 0.15) is 0 Å². The molecule has 0 amide bonds. The van der Waals surface area contributed by atoms with Gasteiger partial charge in [0.05, 0.1) is 33.1 Å². The second kappa shape index (κ2) is 15.1. The summed E-state index contributed by atoms with van der Waals surface area (Å²) in [7, 11) is 0. The summed E-state index contributed by atoms with van der Waals surface area (Å²) in [5.74, 6) is 0. The van der Waals surface area contributed by atoms with Crippen molar-refractivity contribution in [3.8, 4) is 28.2 Å². The molecule has 0 unspecified atom stereocenters. The quantitative estimate of drug-likeness (QED) is 0.145. The number of benzene rings is 10. The summed E-state index contributed by atoms with van der Waals surface area (Å²) in [5, 5.41) is 7.67. The average molecular weight is 830 g/mol. The molecular formula is C62H43N3. The number of hydrogen-bond donors (Lipinski definition) is 0. The molecule has 0 N–H and O–H groups in total. The van der Waals surface area contributed by atoms with E-state index in [1.165, 1.54) is 104 Å². The Morgan fingerprint density at radius 1 is 0.246 bits per heavy atom. The van der Waals surface area contributed by atoms with Crippen molar-refractivity contribution < 1.29 is 0 Å². The zero-order valence-corrected chi connectivity index (χ0v) is 35.8. The second-order valence-electron chi connectivity index (χ2n) is 17.3. The van der Waals surface area contributed by atoms with Gasteiger partial charge in [0.2, 0.25) is 0 Å². The van der Waals surface area contributed by atoms with Gasteiger partial charge in [-0.15, -0.1) is 0 Å². The summed E-state index contributed by atoms with van der Waals surface area (Å²) in [6, 6.07) is 86.8. The number of para-hydroxylation sites is 3. The molecule has 10 aromatic carbocycles. The summed E-state index contributed by atoms with van der Waals surface area (Å²) < 4.78 is 7.28. The maximum absolute atomic E-state index is 2.48. The van der Waals surface area contributed by atoms with Gasteiger partial charge >= 0.3 is 0 Å². The third kappa shape index (κ3) is 6.12. The number of aromatic nitrogens is 3. The summed E-state index contributed by atoms with van der Waals surface area (Å²) in [4.78, 5) is 0. The molecule has 306 valence electrons. The van der Waals surface area contributed by atoms with Crippen molar-refractivity contribution in [2.45, 2.75) is 12.8 Å². The van der Waals surface area contributed by atoms with Crippen LogP contribution in [0.15, 0.2) is 237 Å². The van der Waals surface area contributed by atoms with Crippen molar-refractivity contribution in [1.82, 2.24) is 13.7 Å². The number of hydrogen-bond acceptors (Lipinski definition) is 0. The van der Waals surface area contributed by atoms with E-state index in [9.17, 15) is 0 Å². The molecule has 0 aliphatic rings. The van der Waals surface area contributed by atoms with Gasteiger partial charge in [0, 0.05) is 49.4 Å². The Bertz CT molecular complexity index is 3810. The smallest absolute Gasteiger partial charge is 0.0544 e. The molecule has 0 fully saturated rings. The lowest BCUT2D eigenvalue weighted by molar-refractivity contribution is 1.14. The van der Waals surface area contributed by atoms with Crippen LogP contribution in [0, 0.1) is 0 Å². The molecule has 13 rings (SSSR count). The second-order valence-corrected chi connectivity index (χ2v) is 17.3. The summed E-state index contributed by atoms with van der Waals surface area (Å²) in [5.41, 5.74) is 18.5. The molecule has 0 spiro atoms. The Balaban J connectivity index is 0.931. The van der Waals surface area contributed by atoms with E-state index in [4.69, 9.17) is 0 Å². The molecule has 0 radical (unpaired) electrons. The van der Waals surface area contributed by atoms with Crippen LogP contribution in [0.5, 0.6) is 0 Å². The molecule has 3 aromatic heterocycles. The normalized spacial score (nSPS) is 11.8. The fraction of sp³-hybridized carbons (Fsp3) is 0.0323. The molecule has 0 atom stereocenters. The SMILES string of the molecule is c1ccc(Cc2cccc3c2c2c(Cc4ccccc4)cccc2n3-c2ccc(-n3c4ccccc4c4cc(-c5ccc6c(c5)c5ccccc5n6-c5ccccc5)ccc43)cc2)cc1. The van der Waals surface area contributed by atoms with E-state index >= 15 is 0 Å². The predicted octanol–water partition coefficient (Wildman–Crippen LogP) is 15.8. The Hall–Kier alpha value is -8.40. The summed E-state index contributed by atoms with van der Waals surface area (Å²) in [6.07, 6.45) is 1.75. The third-order valence-corrected chi connectivity index (χ3v) is 13.5. The number of fused-ring (bicyclic) bond motifs is 9. The van der Waals surface area contributed by atoms with E-state index in [2.05, 4.69) is 250 Å². The summed E-state index contributed by atoms with van der Waals surface area (Å²) >= 11 is 0. The maximum Gasteiger partial charge on any atom is 0.0544 e. The standard InChI is InChI=1S/C62H43N3/c1-4-16-42(17-5-1)38-46-20-14-28-59-61(46)62-47(39-43-18-6-2-7-19-43)21-15-29-60(62)65(59)50-34-32-49(33-35-50)64-56-27-13-11-25-52(56)54-41-45(31-37-58(54)64)44-30-36-57-53(40-44)51-24-10-12-26-55(51)63(57)48-22-8-3-9-23-48/h1-37,40-41H,38-39H2. The van der Waals surface area contributed by atoms with Gasteiger partial charge in [-0.2, -0.15) is 0 Å². The van der Waals surface area contributed by atoms with Crippen LogP contribution in [0.4, 0.5) is 0 Å². The van der Waals surface area contributed by atoms with Crippen LogP contribution in [0.1, 0.15) is 22.3 Å². The van der Waals surface area contributed by atoms with E-state index in [1.54, 1.807) is 0 Å². The molecule has 13 aromatic rings. The fourth-order valence-corrected chi connectivity index (χ4v) is 10.6. The van der Waals surface area contributed by atoms with E-state index in [0.717, 1.165) is 24.2 Å². The lowest BCUT2D eigenvalue weighted by atomic mass is 9.95. The average Bonchev–Trinajstić information content (AvgIpc) is 4.01. The van der Waals surface area contributed by atoms with Crippen LogP contribution >= 0.6 is 0 Å². The fourth-order valence-electron chi connectivity index (χ4n) is 10.6. The first-order chi connectivity index (χ1) is 32.2. The molecule has 3 nitrogen and oxygen atoms in total. The molecule has 0 bridgehead atoms. The predicted molar refractivity (Wildman–Crippen MR) is 273 cm³/mol. The first-order valence-corrected chi connectivity index (χ1v) is 22.6. The minimum Gasteiger partial charge on any atom is -0.309 e. The van der Waals surface area contributed by atoms with Crippen molar-refractivity contribution in [2.75, 3.05) is 0 Å². The van der Waals surface area contributed by atoms with Crippen LogP contribution in [-0.4, -0.2) is 13.7 Å². The monoisotopic (exact) mass is 829 g/mol. The first-order valence-electron chi connectivity index (χ1n) is 22.6. The van der Waals surface area contributed by atoms with Gasteiger partial charge in [-0.1, -0.05) is 152 Å². The minimum atomic E-state index is 0.874. The molecular weight excluding hydrogens is 787 g/mol. The van der Waals surface area contributed by atoms with E-state index in [-0.39, 0.29) is 0 Å². The number of nitrogens with zero attached hydrogens (tertiary/aromatic N) is 3. The van der Waals surface area contributed by atoms with Crippen LogP contribution in [-0.2, 0) is 12.8 Å². The van der Waals surface area contributed by atoms with Crippen molar-refractivity contribution in [3.63, 3.8) is 0 Å². The Morgan fingerprint density at radius 2 is 0.600 bits per heavy atom. The molecule has 0 aliphatic carbocycles. The van der Waals surface area contributed by atoms with Crippen LogP contribution in [0.3, 0.4) is 0 Å². The van der Waals surface area contributed by atoms with Crippen molar-refractivity contribution in [3.05, 3.63) is 259 Å². The largest absolute Gasteiger partial charge is 0.309 e. The van der Waals surface area contributed by atoms with Gasteiger partial charge in [0.25, 0.3) is 0 Å².